The smallest absolute Gasteiger partial charge is 0.280 e. The standard InChI is InChI=1S/C26H30N4O2/c1-3-4-14-27-16-22(31)18-29-17-20(23-12-8-9-13-25(23)29)15-24-19(2)28-30(26(24)32)21-10-6-5-7-11-21/h5-13,15,17,22,27,31H,3-4,14,16,18H2,1-2H3/b24-15+. The molecule has 6 nitrogen and oxygen atoms in total. The van der Waals surface area contributed by atoms with Crippen molar-refractivity contribution in [3.05, 3.63) is 71.9 Å². The number of fused-ring (bicyclic) bond motifs is 1. The monoisotopic (exact) mass is 430 g/mol. The van der Waals surface area contributed by atoms with Crippen LogP contribution in [0.25, 0.3) is 17.0 Å². The van der Waals surface area contributed by atoms with Crippen LogP contribution in [0.2, 0.25) is 0 Å². The molecule has 2 aromatic carbocycles. The maximum absolute atomic E-state index is 13.1. The summed E-state index contributed by atoms with van der Waals surface area (Å²) in [6, 6.07) is 17.5. The number of unbranched alkanes of at least 4 members (excludes halogenated alkanes) is 1. The number of benzene rings is 2. The molecule has 6 heteroatoms. The number of hydrogen-bond donors (Lipinski definition) is 2. The Hall–Kier alpha value is -3.22. The number of aliphatic hydroxyl groups excluding tert-OH is 1. The summed E-state index contributed by atoms with van der Waals surface area (Å²) in [5, 5.41) is 20.8. The molecule has 1 aliphatic rings. The molecule has 0 bridgehead atoms. The normalized spacial score (nSPS) is 16.2. The summed E-state index contributed by atoms with van der Waals surface area (Å²) in [6.45, 7) is 5.97. The predicted octanol–water partition coefficient (Wildman–Crippen LogP) is 4.20. The number of hydrogen-bond acceptors (Lipinski definition) is 4. The van der Waals surface area contributed by atoms with Crippen LogP contribution in [0.5, 0.6) is 0 Å². The summed E-state index contributed by atoms with van der Waals surface area (Å²) < 4.78 is 2.06. The number of aromatic nitrogens is 1. The van der Waals surface area contributed by atoms with Gasteiger partial charge in [-0.15, -0.1) is 0 Å². The first kappa shape index (κ1) is 22.0. The van der Waals surface area contributed by atoms with Crippen LogP contribution in [0.1, 0.15) is 32.3 Å². The van der Waals surface area contributed by atoms with Gasteiger partial charge in [-0.3, -0.25) is 4.79 Å². The Kier molecular flexibility index (Phi) is 6.83. The lowest BCUT2D eigenvalue weighted by molar-refractivity contribution is -0.114. The van der Waals surface area contributed by atoms with Gasteiger partial charge in [0, 0.05) is 35.8 Å². The zero-order valence-electron chi connectivity index (χ0n) is 18.7. The molecule has 2 N–H and O–H groups in total. The summed E-state index contributed by atoms with van der Waals surface area (Å²) in [5.41, 5.74) is 4.00. The van der Waals surface area contributed by atoms with E-state index in [-0.39, 0.29) is 5.91 Å². The number of amides is 1. The highest BCUT2D eigenvalue weighted by atomic mass is 16.3. The van der Waals surface area contributed by atoms with Crippen molar-refractivity contribution in [3.63, 3.8) is 0 Å². The number of nitrogens with one attached hydrogen (secondary N) is 1. The zero-order valence-corrected chi connectivity index (χ0v) is 18.7. The van der Waals surface area contributed by atoms with E-state index in [9.17, 15) is 9.90 Å². The van der Waals surface area contributed by atoms with E-state index in [2.05, 4.69) is 21.9 Å². The topological polar surface area (TPSA) is 69.9 Å². The Bertz CT molecular complexity index is 1150. The SMILES string of the molecule is CCCCNCC(O)Cn1cc(/C=C2/C(=O)N(c3ccccc3)N=C2C)c2ccccc21. The van der Waals surface area contributed by atoms with Gasteiger partial charge >= 0.3 is 0 Å². The van der Waals surface area contributed by atoms with Gasteiger partial charge < -0.3 is 15.0 Å². The van der Waals surface area contributed by atoms with Crippen molar-refractivity contribution < 1.29 is 9.90 Å². The molecule has 0 saturated heterocycles. The van der Waals surface area contributed by atoms with E-state index in [1.54, 1.807) is 0 Å². The number of carbonyl (C=O) groups excluding carboxylic acids is 1. The highest BCUT2D eigenvalue weighted by molar-refractivity contribution is 6.32. The van der Waals surface area contributed by atoms with Crippen LogP contribution in [0, 0.1) is 0 Å². The third kappa shape index (κ3) is 4.66. The fourth-order valence-electron chi connectivity index (χ4n) is 3.99. The molecule has 0 fully saturated rings. The Morgan fingerprint density at radius 1 is 1.12 bits per heavy atom. The summed E-state index contributed by atoms with van der Waals surface area (Å²) in [6.07, 6.45) is 5.67. The maximum Gasteiger partial charge on any atom is 0.280 e. The van der Waals surface area contributed by atoms with E-state index in [0.717, 1.165) is 41.5 Å². The zero-order chi connectivity index (χ0) is 22.5. The van der Waals surface area contributed by atoms with Crippen LogP contribution in [0.15, 0.2) is 71.5 Å². The van der Waals surface area contributed by atoms with Gasteiger partial charge in [-0.2, -0.15) is 10.1 Å². The van der Waals surface area contributed by atoms with Crippen LogP contribution in [-0.4, -0.2) is 40.5 Å². The molecule has 1 aromatic heterocycles. The molecular formula is C26H30N4O2. The fourth-order valence-corrected chi connectivity index (χ4v) is 3.99. The summed E-state index contributed by atoms with van der Waals surface area (Å²) in [7, 11) is 0. The molecule has 0 radical (unpaired) electrons. The van der Waals surface area contributed by atoms with Crippen molar-refractivity contribution in [2.24, 2.45) is 5.10 Å². The minimum atomic E-state index is -0.492. The van der Waals surface area contributed by atoms with Gasteiger partial charge in [0.2, 0.25) is 0 Å². The largest absolute Gasteiger partial charge is 0.390 e. The summed E-state index contributed by atoms with van der Waals surface area (Å²) in [4.78, 5) is 13.1. The van der Waals surface area contributed by atoms with E-state index in [1.807, 2.05) is 73.8 Å². The summed E-state index contributed by atoms with van der Waals surface area (Å²) in [5.74, 6) is -0.134. The molecule has 0 spiro atoms. The summed E-state index contributed by atoms with van der Waals surface area (Å²) >= 11 is 0. The van der Waals surface area contributed by atoms with Crippen molar-refractivity contribution in [2.75, 3.05) is 18.1 Å². The number of carbonyl (C=O) groups is 1. The Balaban J connectivity index is 1.59. The quantitative estimate of drug-likeness (QED) is 0.395. The lowest BCUT2D eigenvalue weighted by Gasteiger charge is -2.13. The molecule has 4 rings (SSSR count). The molecule has 1 aliphatic heterocycles. The van der Waals surface area contributed by atoms with Crippen molar-refractivity contribution in [2.45, 2.75) is 39.3 Å². The van der Waals surface area contributed by atoms with Gasteiger partial charge in [-0.05, 0) is 44.2 Å². The molecule has 0 aliphatic carbocycles. The second-order valence-electron chi connectivity index (χ2n) is 8.16. The van der Waals surface area contributed by atoms with E-state index >= 15 is 0 Å². The van der Waals surface area contributed by atoms with Crippen LogP contribution < -0.4 is 10.3 Å². The molecule has 1 amide bonds. The minimum absolute atomic E-state index is 0.134. The number of hydrazone groups is 1. The second-order valence-corrected chi connectivity index (χ2v) is 8.16. The number of aliphatic hydroxyl groups is 1. The van der Waals surface area contributed by atoms with Gasteiger partial charge in [0.05, 0.1) is 23.1 Å². The molecule has 32 heavy (non-hydrogen) atoms. The molecule has 3 aromatic rings. The van der Waals surface area contributed by atoms with Crippen LogP contribution >= 0.6 is 0 Å². The Labute approximate surface area is 188 Å². The maximum atomic E-state index is 13.1. The van der Waals surface area contributed by atoms with Crippen molar-refractivity contribution in [1.29, 1.82) is 0 Å². The van der Waals surface area contributed by atoms with Crippen LogP contribution in [0.3, 0.4) is 0 Å². The lowest BCUT2D eigenvalue weighted by atomic mass is 10.1. The van der Waals surface area contributed by atoms with Gasteiger partial charge in [0.25, 0.3) is 5.91 Å². The number of anilines is 1. The van der Waals surface area contributed by atoms with Crippen LogP contribution in [0.4, 0.5) is 5.69 Å². The van der Waals surface area contributed by atoms with Crippen LogP contribution in [-0.2, 0) is 11.3 Å². The molecule has 166 valence electrons. The highest BCUT2D eigenvalue weighted by Gasteiger charge is 2.29. The van der Waals surface area contributed by atoms with Gasteiger partial charge in [-0.25, -0.2) is 0 Å². The molecule has 2 heterocycles. The third-order valence-corrected chi connectivity index (χ3v) is 5.68. The van der Waals surface area contributed by atoms with E-state index in [0.29, 0.717) is 24.4 Å². The van der Waals surface area contributed by atoms with E-state index in [1.165, 1.54) is 5.01 Å². The highest BCUT2D eigenvalue weighted by Crippen LogP contribution is 2.28. The van der Waals surface area contributed by atoms with E-state index < -0.39 is 6.10 Å². The first-order valence-electron chi connectivity index (χ1n) is 11.2. The third-order valence-electron chi connectivity index (χ3n) is 5.68. The number of para-hydroxylation sites is 2. The molecule has 0 saturated carbocycles. The Morgan fingerprint density at radius 3 is 2.66 bits per heavy atom. The van der Waals surface area contributed by atoms with Crippen molar-refractivity contribution in [3.8, 4) is 0 Å². The molecular weight excluding hydrogens is 400 g/mol. The van der Waals surface area contributed by atoms with Crippen molar-refractivity contribution in [1.82, 2.24) is 9.88 Å². The molecule has 1 unspecified atom stereocenters. The van der Waals surface area contributed by atoms with Gasteiger partial charge in [-0.1, -0.05) is 49.7 Å². The van der Waals surface area contributed by atoms with Gasteiger partial charge in [0.15, 0.2) is 0 Å². The first-order chi connectivity index (χ1) is 15.6. The Morgan fingerprint density at radius 2 is 1.88 bits per heavy atom. The number of rotatable bonds is 9. The molecule has 1 atom stereocenters. The fraction of sp³-hybridized carbons (Fsp3) is 0.308. The minimum Gasteiger partial charge on any atom is -0.390 e. The predicted molar refractivity (Wildman–Crippen MR) is 131 cm³/mol. The first-order valence-corrected chi connectivity index (χ1v) is 11.2. The average Bonchev–Trinajstić information content (AvgIpc) is 3.29. The van der Waals surface area contributed by atoms with Crippen molar-refractivity contribution >= 4 is 34.3 Å². The average molecular weight is 431 g/mol. The van der Waals surface area contributed by atoms with Gasteiger partial charge in [0.1, 0.15) is 0 Å². The second kappa shape index (κ2) is 9.94. The number of nitrogens with zero attached hydrogens (tertiary/aromatic N) is 3. The van der Waals surface area contributed by atoms with E-state index in [4.69, 9.17) is 0 Å². The lowest BCUT2D eigenvalue weighted by Crippen LogP contribution is -2.30.